The number of esters is 2. The lowest BCUT2D eigenvalue weighted by Gasteiger charge is -2.19. The van der Waals surface area contributed by atoms with Gasteiger partial charge in [-0.15, -0.1) is 0 Å². The molecule has 142 valence electrons. The Bertz CT molecular complexity index is 470. The van der Waals surface area contributed by atoms with Crippen LogP contribution in [0.3, 0.4) is 0 Å². The second-order valence-electron chi connectivity index (χ2n) is 6.51. The van der Waals surface area contributed by atoms with Crippen LogP contribution in [0.15, 0.2) is 12.2 Å². The van der Waals surface area contributed by atoms with Crippen LogP contribution in [0.25, 0.3) is 0 Å². The van der Waals surface area contributed by atoms with Crippen molar-refractivity contribution in [2.24, 2.45) is 5.92 Å². The first-order chi connectivity index (χ1) is 11.9. The Labute approximate surface area is 153 Å². The molecule has 2 unspecified atom stereocenters. The van der Waals surface area contributed by atoms with E-state index in [-0.39, 0.29) is 17.9 Å². The van der Waals surface area contributed by atoms with E-state index in [0.717, 1.165) is 31.3 Å². The van der Waals surface area contributed by atoms with Gasteiger partial charge in [-0.3, -0.25) is 9.59 Å². The third kappa shape index (κ3) is 13.2. The SMILES string of the molecule is C=C(C)C#CC(OC(=O)CCCCC(=O)OCCCC)C(C)CCC. The second kappa shape index (κ2) is 14.6. The molecule has 0 fully saturated rings. The number of carbonyl (C=O) groups excluding carboxylic acids is 2. The van der Waals surface area contributed by atoms with Gasteiger partial charge in [0.2, 0.25) is 0 Å². The summed E-state index contributed by atoms with van der Waals surface area (Å²) in [4.78, 5) is 23.5. The maximum atomic E-state index is 12.0. The molecule has 0 aromatic heterocycles. The Hall–Kier alpha value is -1.76. The number of hydrogen-bond acceptors (Lipinski definition) is 4. The van der Waals surface area contributed by atoms with E-state index >= 15 is 0 Å². The van der Waals surface area contributed by atoms with Gasteiger partial charge in [0.1, 0.15) is 0 Å². The highest BCUT2D eigenvalue weighted by atomic mass is 16.5. The van der Waals surface area contributed by atoms with Gasteiger partial charge in [-0.05, 0) is 38.2 Å². The monoisotopic (exact) mass is 350 g/mol. The molecule has 2 atom stereocenters. The molecule has 0 radical (unpaired) electrons. The molecular formula is C21H34O4. The van der Waals surface area contributed by atoms with Gasteiger partial charge in [-0.25, -0.2) is 0 Å². The topological polar surface area (TPSA) is 52.6 Å². The van der Waals surface area contributed by atoms with E-state index in [0.29, 0.717) is 32.3 Å². The summed E-state index contributed by atoms with van der Waals surface area (Å²) in [5, 5.41) is 0. The quantitative estimate of drug-likeness (QED) is 0.288. The largest absolute Gasteiger partial charge is 0.466 e. The van der Waals surface area contributed by atoms with Crippen molar-refractivity contribution in [3.63, 3.8) is 0 Å². The van der Waals surface area contributed by atoms with Crippen molar-refractivity contribution in [2.75, 3.05) is 6.61 Å². The third-order valence-corrected chi connectivity index (χ3v) is 3.72. The lowest BCUT2D eigenvalue weighted by molar-refractivity contribution is -0.149. The van der Waals surface area contributed by atoms with Crippen molar-refractivity contribution in [1.29, 1.82) is 0 Å². The zero-order valence-electron chi connectivity index (χ0n) is 16.4. The molecule has 0 spiro atoms. The molecule has 0 aromatic rings. The standard InChI is InChI=1S/C21H34O4/c1-6-8-16-24-20(22)12-9-10-13-21(23)25-19(15-14-17(3)4)18(5)11-7-2/h18-19H,3,6-13,16H2,1-2,4-5H3. The summed E-state index contributed by atoms with van der Waals surface area (Å²) in [5.74, 6) is 5.66. The maximum Gasteiger partial charge on any atom is 0.307 e. The molecule has 0 N–H and O–H groups in total. The van der Waals surface area contributed by atoms with E-state index in [9.17, 15) is 9.59 Å². The molecule has 0 aliphatic carbocycles. The molecule has 0 bridgehead atoms. The van der Waals surface area contributed by atoms with Crippen LogP contribution in [0.4, 0.5) is 0 Å². The summed E-state index contributed by atoms with van der Waals surface area (Å²) in [5.41, 5.74) is 0.756. The minimum atomic E-state index is -0.400. The van der Waals surface area contributed by atoms with Crippen LogP contribution < -0.4 is 0 Å². The summed E-state index contributed by atoms with van der Waals surface area (Å²) in [6.45, 7) is 12.3. The summed E-state index contributed by atoms with van der Waals surface area (Å²) < 4.78 is 10.6. The zero-order chi connectivity index (χ0) is 19.1. The number of rotatable bonds is 12. The first-order valence-corrected chi connectivity index (χ1v) is 9.42. The average molecular weight is 350 g/mol. The molecule has 0 amide bonds. The molecule has 0 heterocycles. The Morgan fingerprint density at radius 2 is 1.68 bits per heavy atom. The second-order valence-corrected chi connectivity index (χ2v) is 6.51. The molecule has 25 heavy (non-hydrogen) atoms. The fourth-order valence-electron chi connectivity index (χ4n) is 2.23. The van der Waals surface area contributed by atoms with Crippen molar-refractivity contribution in [3.05, 3.63) is 12.2 Å². The van der Waals surface area contributed by atoms with Crippen LogP contribution in [0.2, 0.25) is 0 Å². The van der Waals surface area contributed by atoms with Gasteiger partial charge in [0.25, 0.3) is 0 Å². The molecule has 0 aromatic carbocycles. The van der Waals surface area contributed by atoms with Gasteiger partial charge in [-0.2, -0.15) is 0 Å². The first kappa shape index (κ1) is 23.2. The van der Waals surface area contributed by atoms with Crippen LogP contribution >= 0.6 is 0 Å². The third-order valence-electron chi connectivity index (χ3n) is 3.72. The fourth-order valence-corrected chi connectivity index (χ4v) is 2.23. The highest BCUT2D eigenvalue weighted by molar-refractivity contribution is 5.71. The molecule has 0 saturated carbocycles. The number of hydrogen-bond donors (Lipinski definition) is 0. The minimum absolute atomic E-state index is 0.189. The van der Waals surface area contributed by atoms with Crippen molar-refractivity contribution < 1.29 is 19.1 Å². The predicted octanol–water partition coefficient (Wildman–Crippen LogP) is 4.82. The van der Waals surface area contributed by atoms with Crippen molar-refractivity contribution in [1.82, 2.24) is 0 Å². The Morgan fingerprint density at radius 3 is 2.24 bits per heavy atom. The smallest absolute Gasteiger partial charge is 0.307 e. The van der Waals surface area contributed by atoms with Crippen molar-refractivity contribution >= 4 is 11.9 Å². The first-order valence-electron chi connectivity index (χ1n) is 9.42. The molecule has 4 heteroatoms. The van der Waals surface area contributed by atoms with E-state index in [1.807, 2.05) is 13.8 Å². The van der Waals surface area contributed by atoms with Crippen molar-refractivity contribution in [2.45, 2.75) is 85.2 Å². The Balaban J connectivity index is 4.20. The Morgan fingerprint density at radius 1 is 1.04 bits per heavy atom. The number of carbonyl (C=O) groups is 2. The van der Waals surface area contributed by atoms with E-state index in [2.05, 4.69) is 32.3 Å². The number of unbranched alkanes of at least 4 members (excludes halogenated alkanes) is 2. The molecule has 0 rings (SSSR count). The van der Waals surface area contributed by atoms with Crippen LogP contribution in [-0.4, -0.2) is 24.6 Å². The fraction of sp³-hybridized carbons (Fsp3) is 0.714. The normalized spacial score (nSPS) is 12.5. The van der Waals surface area contributed by atoms with E-state index in [4.69, 9.17) is 9.47 Å². The predicted molar refractivity (Wildman–Crippen MR) is 101 cm³/mol. The van der Waals surface area contributed by atoms with Crippen LogP contribution in [-0.2, 0) is 19.1 Å². The Kier molecular flexibility index (Phi) is 13.5. The average Bonchev–Trinajstić information content (AvgIpc) is 2.55. The number of allylic oxidation sites excluding steroid dienone is 1. The number of ether oxygens (including phenoxy) is 2. The molecule has 0 aliphatic heterocycles. The zero-order valence-corrected chi connectivity index (χ0v) is 16.4. The van der Waals surface area contributed by atoms with Gasteiger partial charge in [0.15, 0.2) is 6.10 Å². The van der Waals surface area contributed by atoms with Gasteiger partial charge in [-0.1, -0.05) is 52.0 Å². The summed E-state index contributed by atoms with van der Waals surface area (Å²) in [7, 11) is 0. The van der Waals surface area contributed by atoms with Gasteiger partial charge in [0.05, 0.1) is 6.61 Å². The van der Waals surface area contributed by atoms with E-state index in [1.54, 1.807) is 0 Å². The van der Waals surface area contributed by atoms with Crippen molar-refractivity contribution in [3.8, 4) is 11.8 Å². The molecule has 0 aliphatic rings. The van der Waals surface area contributed by atoms with Crippen LogP contribution in [0.1, 0.15) is 79.1 Å². The lowest BCUT2D eigenvalue weighted by atomic mass is 9.99. The van der Waals surface area contributed by atoms with Gasteiger partial charge in [0, 0.05) is 18.8 Å². The van der Waals surface area contributed by atoms with Crippen LogP contribution in [0, 0.1) is 17.8 Å². The summed E-state index contributed by atoms with van der Waals surface area (Å²) in [6.07, 6.45) is 5.36. The van der Waals surface area contributed by atoms with Gasteiger partial charge < -0.3 is 9.47 Å². The summed E-state index contributed by atoms with van der Waals surface area (Å²) >= 11 is 0. The highest BCUT2D eigenvalue weighted by Gasteiger charge is 2.19. The maximum absolute atomic E-state index is 12.0. The van der Waals surface area contributed by atoms with E-state index < -0.39 is 6.10 Å². The van der Waals surface area contributed by atoms with E-state index in [1.165, 1.54) is 0 Å². The summed E-state index contributed by atoms with van der Waals surface area (Å²) in [6, 6.07) is 0. The minimum Gasteiger partial charge on any atom is -0.466 e. The van der Waals surface area contributed by atoms with Gasteiger partial charge >= 0.3 is 11.9 Å². The molecule has 4 nitrogen and oxygen atoms in total. The highest BCUT2D eigenvalue weighted by Crippen LogP contribution is 2.15. The molecular weight excluding hydrogens is 316 g/mol. The lowest BCUT2D eigenvalue weighted by Crippen LogP contribution is -2.24. The van der Waals surface area contributed by atoms with Crippen LogP contribution in [0.5, 0.6) is 0 Å². The molecule has 0 saturated heterocycles.